The third-order valence-electron chi connectivity index (χ3n) is 8.17. The van der Waals surface area contributed by atoms with Gasteiger partial charge in [0, 0.05) is 29.3 Å². The van der Waals surface area contributed by atoms with Gasteiger partial charge in [-0.3, -0.25) is 4.79 Å². The minimum Gasteiger partial charge on any atom is -0.493 e. The molecule has 2 aliphatic carbocycles. The maximum Gasteiger partial charge on any atom is 0.337 e. The summed E-state index contributed by atoms with van der Waals surface area (Å²) in [6.45, 7) is 1.86. The van der Waals surface area contributed by atoms with Crippen LogP contribution in [0.3, 0.4) is 0 Å². The highest BCUT2D eigenvalue weighted by molar-refractivity contribution is 6.04. The van der Waals surface area contributed by atoms with E-state index in [2.05, 4.69) is 5.32 Å². The van der Waals surface area contributed by atoms with Crippen LogP contribution in [0.15, 0.2) is 65.0 Å². The molecule has 0 saturated heterocycles. The molecule has 0 bridgehead atoms. The average molecular weight is 546 g/mol. The zero-order valence-electron chi connectivity index (χ0n) is 23.4. The van der Waals surface area contributed by atoms with Gasteiger partial charge in [0.25, 0.3) is 0 Å². The average Bonchev–Trinajstić information content (AvgIpc) is 3.48. The molecule has 1 N–H and O–H groups in total. The highest BCUT2D eigenvalue weighted by atomic mass is 16.5. The van der Waals surface area contributed by atoms with Crippen LogP contribution < -0.4 is 14.8 Å². The van der Waals surface area contributed by atoms with E-state index in [4.69, 9.17) is 18.9 Å². The lowest BCUT2D eigenvalue weighted by molar-refractivity contribution is -0.144. The Morgan fingerprint density at radius 1 is 0.850 bits per heavy atom. The van der Waals surface area contributed by atoms with E-state index in [0.29, 0.717) is 40.3 Å². The minimum absolute atomic E-state index is 0.0331. The number of carbonyl (C=O) groups excluding carboxylic acids is 3. The van der Waals surface area contributed by atoms with Crippen LogP contribution >= 0.6 is 0 Å². The maximum atomic E-state index is 13.9. The SMILES string of the molecule is COC(=O)c1ccc(C2C(C(=O)OC3CCCC3)=C(C)NC3=C2C(=O)CC(c2ccc(OC)c(OC)c2)C3)cc1. The monoisotopic (exact) mass is 545 g/mol. The van der Waals surface area contributed by atoms with Crippen LogP contribution in [0.4, 0.5) is 0 Å². The molecule has 1 fully saturated rings. The number of Topliss-reactive ketones (excluding diaryl/α,β-unsaturated/α-hetero) is 1. The van der Waals surface area contributed by atoms with Crippen molar-refractivity contribution in [2.45, 2.75) is 63.4 Å². The number of hydrogen-bond donors (Lipinski definition) is 1. The molecule has 210 valence electrons. The van der Waals surface area contributed by atoms with Gasteiger partial charge in [-0.1, -0.05) is 18.2 Å². The van der Waals surface area contributed by atoms with Gasteiger partial charge in [0.15, 0.2) is 17.3 Å². The topological polar surface area (TPSA) is 100 Å². The Bertz CT molecular complexity index is 1380. The van der Waals surface area contributed by atoms with Crippen molar-refractivity contribution in [1.29, 1.82) is 0 Å². The van der Waals surface area contributed by atoms with E-state index in [1.807, 2.05) is 25.1 Å². The quantitative estimate of drug-likeness (QED) is 0.466. The minimum atomic E-state index is -0.601. The van der Waals surface area contributed by atoms with Crippen molar-refractivity contribution in [2.24, 2.45) is 0 Å². The summed E-state index contributed by atoms with van der Waals surface area (Å²) in [6.07, 6.45) is 4.55. The summed E-state index contributed by atoms with van der Waals surface area (Å²) in [5.74, 6) is -0.314. The van der Waals surface area contributed by atoms with Crippen LogP contribution in [0.25, 0.3) is 0 Å². The third kappa shape index (κ3) is 5.22. The summed E-state index contributed by atoms with van der Waals surface area (Å²) in [7, 11) is 4.51. The van der Waals surface area contributed by atoms with Crippen molar-refractivity contribution in [1.82, 2.24) is 5.32 Å². The van der Waals surface area contributed by atoms with Crippen LogP contribution in [0.1, 0.15) is 78.8 Å². The summed E-state index contributed by atoms with van der Waals surface area (Å²) in [5, 5.41) is 3.40. The number of carbonyl (C=O) groups is 3. The van der Waals surface area contributed by atoms with Crippen molar-refractivity contribution in [2.75, 3.05) is 21.3 Å². The first-order chi connectivity index (χ1) is 19.3. The Morgan fingerprint density at radius 3 is 2.17 bits per heavy atom. The zero-order chi connectivity index (χ0) is 28.4. The van der Waals surface area contributed by atoms with E-state index < -0.39 is 17.9 Å². The van der Waals surface area contributed by atoms with Gasteiger partial charge in [0.1, 0.15) is 6.10 Å². The van der Waals surface area contributed by atoms with Gasteiger partial charge in [0.2, 0.25) is 0 Å². The second-order valence-corrected chi connectivity index (χ2v) is 10.6. The number of esters is 2. The van der Waals surface area contributed by atoms with E-state index >= 15 is 0 Å². The van der Waals surface area contributed by atoms with Crippen molar-refractivity contribution in [3.63, 3.8) is 0 Å². The fraction of sp³-hybridized carbons (Fsp3) is 0.406. The van der Waals surface area contributed by atoms with E-state index in [0.717, 1.165) is 42.5 Å². The summed E-state index contributed by atoms with van der Waals surface area (Å²) in [5.41, 5.74) is 4.61. The van der Waals surface area contributed by atoms with Gasteiger partial charge in [0.05, 0.1) is 32.5 Å². The Kier molecular flexibility index (Phi) is 7.96. The highest BCUT2D eigenvalue weighted by Crippen LogP contribution is 2.46. The van der Waals surface area contributed by atoms with E-state index in [9.17, 15) is 14.4 Å². The van der Waals surface area contributed by atoms with Gasteiger partial charge < -0.3 is 24.3 Å². The lowest BCUT2D eigenvalue weighted by Gasteiger charge is -2.37. The molecule has 5 rings (SSSR count). The van der Waals surface area contributed by atoms with Crippen LogP contribution in [-0.2, 0) is 19.1 Å². The second kappa shape index (κ2) is 11.6. The van der Waals surface area contributed by atoms with Gasteiger partial charge >= 0.3 is 11.9 Å². The van der Waals surface area contributed by atoms with E-state index in [-0.39, 0.29) is 24.2 Å². The molecule has 0 spiro atoms. The number of allylic oxidation sites excluding steroid dienone is 3. The zero-order valence-corrected chi connectivity index (χ0v) is 23.4. The summed E-state index contributed by atoms with van der Waals surface area (Å²) in [6, 6.07) is 12.6. The van der Waals surface area contributed by atoms with Crippen molar-refractivity contribution >= 4 is 17.7 Å². The van der Waals surface area contributed by atoms with Crippen LogP contribution in [-0.4, -0.2) is 45.2 Å². The number of methoxy groups -OCH3 is 3. The van der Waals surface area contributed by atoms with Crippen molar-refractivity contribution in [3.8, 4) is 11.5 Å². The Morgan fingerprint density at radius 2 is 1.52 bits per heavy atom. The van der Waals surface area contributed by atoms with Gasteiger partial charge in [-0.15, -0.1) is 0 Å². The Balaban J connectivity index is 1.53. The Hall–Kier alpha value is -4.07. The lowest BCUT2D eigenvalue weighted by atomic mass is 9.71. The molecule has 3 aliphatic rings. The number of hydrogen-bond acceptors (Lipinski definition) is 8. The number of ketones is 1. The van der Waals surface area contributed by atoms with Crippen molar-refractivity contribution in [3.05, 3.63) is 81.7 Å². The molecule has 2 unspecified atom stereocenters. The number of nitrogens with one attached hydrogen (secondary N) is 1. The molecule has 0 amide bonds. The van der Waals surface area contributed by atoms with Gasteiger partial charge in [-0.25, -0.2) is 9.59 Å². The van der Waals surface area contributed by atoms with E-state index in [1.165, 1.54) is 7.11 Å². The summed E-state index contributed by atoms with van der Waals surface area (Å²) in [4.78, 5) is 39.6. The molecule has 2 aromatic carbocycles. The molecule has 1 saturated carbocycles. The molecule has 1 aliphatic heterocycles. The number of rotatable bonds is 7. The molecule has 40 heavy (non-hydrogen) atoms. The molecule has 2 atom stereocenters. The molecular formula is C32H35NO7. The lowest BCUT2D eigenvalue weighted by Crippen LogP contribution is -2.36. The molecule has 2 aromatic rings. The third-order valence-corrected chi connectivity index (χ3v) is 8.17. The molecule has 0 radical (unpaired) electrons. The van der Waals surface area contributed by atoms with Crippen LogP contribution in [0.5, 0.6) is 11.5 Å². The summed E-state index contributed by atoms with van der Waals surface area (Å²) >= 11 is 0. The van der Waals surface area contributed by atoms with E-state index in [1.54, 1.807) is 38.5 Å². The molecule has 1 heterocycles. The summed E-state index contributed by atoms with van der Waals surface area (Å²) < 4.78 is 21.7. The molecule has 0 aromatic heterocycles. The maximum absolute atomic E-state index is 13.9. The largest absolute Gasteiger partial charge is 0.493 e. The fourth-order valence-electron chi connectivity index (χ4n) is 6.14. The van der Waals surface area contributed by atoms with Gasteiger partial charge in [-0.2, -0.15) is 0 Å². The van der Waals surface area contributed by atoms with Gasteiger partial charge in [-0.05, 0) is 80.3 Å². The Labute approximate surface area is 234 Å². The first-order valence-corrected chi connectivity index (χ1v) is 13.7. The predicted molar refractivity (Wildman–Crippen MR) is 148 cm³/mol. The highest BCUT2D eigenvalue weighted by Gasteiger charge is 2.42. The number of benzene rings is 2. The molecule has 8 heteroatoms. The standard InChI is InChI=1S/C32H35NO7/c1-18-28(32(36)40-23-7-5-6-8-23)29(19-9-11-20(12-10-19)31(35)39-4)30-24(33-18)15-22(16-25(30)34)21-13-14-26(37-2)27(17-21)38-3/h9-14,17,22-23,29,33H,5-8,15-16H2,1-4H3. The fourth-order valence-corrected chi connectivity index (χ4v) is 6.14. The number of dihydropyridines is 1. The molecule has 8 nitrogen and oxygen atoms in total. The number of ether oxygens (including phenoxy) is 4. The molecular weight excluding hydrogens is 510 g/mol. The first-order valence-electron chi connectivity index (χ1n) is 13.7. The normalized spacial score (nSPS) is 21.1. The second-order valence-electron chi connectivity index (χ2n) is 10.6. The first kappa shape index (κ1) is 27.5. The predicted octanol–water partition coefficient (Wildman–Crippen LogP) is 5.34. The van der Waals surface area contributed by atoms with Crippen LogP contribution in [0, 0.1) is 0 Å². The van der Waals surface area contributed by atoms with Crippen molar-refractivity contribution < 1.29 is 33.3 Å². The van der Waals surface area contributed by atoms with Crippen LogP contribution in [0.2, 0.25) is 0 Å². The smallest absolute Gasteiger partial charge is 0.337 e.